The largest absolute Gasteiger partial charge is 0.508 e. The van der Waals surface area contributed by atoms with E-state index in [1.54, 1.807) is 39.8 Å². The van der Waals surface area contributed by atoms with Gasteiger partial charge in [-0.15, -0.1) is 0 Å². The maximum absolute atomic E-state index is 13.6. The summed E-state index contributed by atoms with van der Waals surface area (Å²) >= 11 is 4.24. The fraction of sp³-hybridized carbons (Fsp3) is 0.583. The Morgan fingerprint density at radius 1 is 1.23 bits per heavy atom. The number of benzene rings is 1. The van der Waals surface area contributed by atoms with Crippen LogP contribution in [0.2, 0.25) is 0 Å². The van der Waals surface area contributed by atoms with Gasteiger partial charge in [0.25, 0.3) is 0 Å². The van der Waals surface area contributed by atoms with Crippen LogP contribution in [0.5, 0.6) is 5.75 Å². The summed E-state index contributed by atoms with van der Waals surface area (Å²) in [6.07, 6.45) is 0.572. The Morgan fingerprint density at radius 2 is 1.91 bits per heavy atom. The van der Waals surface area contributed by atoms with Gasteiger partial charge in [0.05, 0.1) is 13.0 Å². The molecular weight excluding hydrogens is 474 g/mol. The summed E-state index contributed by atoms with van der Waals surface area (Å²) in [7, 11) is 0. The summed E-state index contributed by atoms with van der Waals surface area (Å²) in [6, 6.07) is 3.73. The fourth-order valence-corrected chi connectivity index (χ4v) is 3.68. The van der Waals surface area contributed by atoms with Gasteiger partial charge < -0.3 is 30.1 Å². The van der Waals surface area contributed by atoms with Gasteiger partial charge in [-0.1, -0.05) is 12.1 Å². The quantitative estimate of drug-likeness (QED) is 0.266. The van der Waals surface area contributed by atoms with Gasteiger partial charge in [-0.2, -0.15) is 12.6 Å². The van der Waals surface area contributed by atoms with Crippen molar-refractivity contribution in [1.82, 2.24) is 15.5 Å². The number of phenols is 1. The highest BCUT2D eigenvalue weighted by molar-refractivity contribution is 7.80. The minimum Gasteiger partial charge on any atom is -0.508 e. The van der Waals surface area contributed by atoms with Gasteiger partial charge in [0, 0.05) is 18.3 Å². The molecule has 1 aliphatic rings. The molecule has 2 rings (SSSR count). The molecule has 1 aromatic carbocycles. The molecule has 1 saturated carbocycles. The van der Waals surface area contributed by atoms with Crippen LogP contribution in [-0.2, 0) is 23.9 Å². The van der Waals surface area contributed by atoms with E-state index in [1.165, 1.54) is 17.0 Å². The van der Waals surface area contributed by atoms with Gasteiger partial charge in [0.15, 0.2) is 0 Å². The summed E-state index contributed by atoms with van der Waals surface area (Å²) < 4.78 is 10.2. The Kier molecular flexibility index (Phi) is 10.2. The highest BCUT2D eigenvalue weighted by atomic mass is 32.1. The molecule has 10 nitrogen and oxygen atoms in total. The van der Waals surface area contributed by atoms with E-state index in [2.05, 4.69) is 23.3 Å². The van der Waals surface area contributed by atoms with E-state index in [0.717, 1.165) is 0 Å². The lowest BCUT2D eigenvalue weighted by atomic mass is 10.0. The first-order valence-corrected chi connectivity index (χ1v) is 12.2. The molecule has 1 aliphatic carbocycles. The molecule has 2 unspecified atom stereocenters. The van der Waals surface area contributed by atoms with Crippen LogP contribution < -0.4 is 10.6 Å². The molecule has 11 heteroatoms. The average Bonchev–Trinajstić information content (AvgIpc) is 3.59. The van der Waals surface area contributed by atoms with Crippen molar-refractivity contribution in [3.8, 4) is 5.75 Å². The molecule has 3 amide bonds. The van der Waals surface area contributed by atoms with Crippen molar-refractivity contribution in [2.45, 2.75) is 70.7 Å². The minimum absolute atomic E-state index is 0.0153. The zero-order chi connectivity index (χ0) is 26.2. The van der Waals surface area contributed by atoms with Gasteiger partial charge in [-0.25, -0.2) is 4.79 Å². The van der Waals surface area contributed by atoms with E-state index in [9.17, 15) is 24.3 Å². The second-order valence-corrected chi connectivity index (χ2v) is 9.57. The lowest BCUT2D eigenvalue weighted by molar-refractivity contribution is -0.144. The number of hydrogen-bond acceptors (Lipinski definition) is 8. The van der Waals surface area contributed by atoms with E-state index < -0.39 is 41.6 Å². The van der Waals surface area contributed by atoms with E-state index in [1.807, 2.05) is 0 Å². The van der Waals surface area contributed by atoms with Crippen LogP contribution >= 0.6 is 12.6 Å². The van der Waals surface area contributed by atoms with Crippen LogP contribution in [0.1, 0.15) is 58.6 Å². The Balaban J connectivity index is 2.30. The third kappa shape index (κ3) is 8.97. The summed E-state index contributed by atoms with van der Waals surface area (Å²) in [5.41, 5.74) is -0.359. The molecule has 0 bridgehead atoms. The van der Waals surface area contributed by atoms with Gasteiger partial charge in [0.2, 0.25) is 11.8 Å². The predicted octanol–water partition coefficient (Wildman–Crippen LogP) is 2.32. The zero-order valence-corrected chi connectivity index (χ0v) is 21.5. The summed E-state index contributed by atoms with van der Waals surface area (Å²) in [4.78, 5) is 52.4. The normalized spacial score (nSPS) is 14.9. The SMILES string of the molecule is CCOC(=O)CCNC(=O)C(c1cccc(O)c1)N(C(=O)C(CS)NC(=O)OC(C)(C)C)C1CC1. The molecule has 0 radical (unpaired) electrons. The first-order valence-electron chi connectivity index (χ1n) is 11.6. The summed E-state index contributed by atoms with van der Waals surface area (Å²) in [6.45, 7) is 7.07. The second kappa shape index (κ2) is 12.7. The van der Waals surface area contributed by atoms with Crippen molar-refractivity contribution >= 4 is 36.5 Å². The van der Waals surface area contributed by atoms with Crippen LogP contribution in [0.3, 0.4) is 0 Å². The zero-order valence-electron chi connectivity index (χ0n) is 20.6. The van der Waals surface area contributed by atoms with Gasteiger partial charge in [0.1, 0.15) is 23.4 Å². The Morgan fingerprint density at radius 3 is 2.46 bits per heavy atom. The number of aromatic hydroxyl groups is 1. The molecule has 0 heterocycles. The highest BCUT2D eigenvalue weighted by Gasteiger charge is 2.43. The second-order valence-electron chi connectivity index (χ2n) is 9.20. The number of nitrogens with zero attached hydrogens (tertiary/aromatic N) is 1. The molecule has 0 spiro atoms. The van der Waals surface area contributed by atoms with Crippen LogP contribution in [0, 0.1) is 0 Å². The molecular formula is C24H35N3O7S. The molecule has 194 valence electrons. The molecule has 1 fully saturated rings. The van der Waals surface area contributed by atoms with Crippen molar-refractivity contribution in [2.24, 2.45) is 0 Å². The topological polar surface area (TPSA) is 134 Å². The molecule has 1 aromatic rings. The molecule has 35 heavy (non-hydrogen) atoms. The van der Waals surface area contributed by atoms with Gasteiger partial charge in [-0.3, -0.25) is 14.4 Å². The Labute approximate surface area is 211 Å². The molecule has 3 N–H and O–H groups in total. The number of thiol groups is 1. The average molecular weight is 510 g/mol. The number of hydrogen-bond donors (Lipinski definition) is 4. The number of rotatable bonds is 11. The van der Waals surface area contributed by atoms with Crippen molar-refractivity contribution in [1.29, 1.82) is 0 Å². The minimum atomic E-state index is -1.09. The first kappa shape index (κ1) is 28.3. The number of esters is 1. The lowest BCUT2D eigenvalue weighted by Gasteiger charge is -2.34. The van der Waals surface area contributed by atoms with E-state index in [4.69, 9.17) is 9.47 Å². The maximum Gasteiger partial charge on any atom is 0.408 e. The highest BCUT2D eigenvalue weighted by Crippen LogP contribution is 2.36. The van der Waals surface area contributed by atoms with Crippen LogP contribution in [0.15, 0.2) is 24.3 Å². The standard InChI is InChI=1S/C24H35N3O7S/c1-5-33-19(29)11-12-25-21(30)20(15-7-6-8-17(28)13-15)27(16-9-10-16)22(31)18(14-35)26-23(32)34-24(2,3)4/h6-8,13,16,18,20,28,35H,5,9-12,14H2,1-4H3,(H,25,30)(H,26,32). The number of phenolic OH excluding ortho intramolecular Hbond substituents is 1. The smallest absolute Gasteiger partial charge is 0.408 e. The lowest BCUT2D eigenvalue weighted by Crippen LogP contribution is -2.54. The molecule has 0 aromatic heterocycles. The first-order chi connectivity index (χ1) is 16.5. The third-order valence-electron chi connectivity index (χ3n) is 5.01. The van der Waals surface area contributed by atoms with E-state index in [0.29, 0.717) is 18.4 Å². The van der Waals surface area contributed by atoms with Crippen molar-refractivity contribution in [3.63, 3.8) is 0 Å². The van der Waals surface area contributed by atoms with E-state index in [-0.39, 0.29) is 37.1 Å². The predicted molar refractivity (Wildman–Crippen MR) is 132 cm³/mol. The van der Waals surface area contributed by atoms with Crippen LogP contribution in [0.4, 0.5) is 4.79 Å². The van der Waals surface area contributed by atoms with Crippen molar-refractivity contribution in [3.05, 3.63) is 29.8 Å². The van der Waals surface area contributed by atoms with E-state index >= 15 is 0 Å². The summed E-state index contributed by atoms with van der Waals surface area (Å²) in [5.74, 6) is -1.54. The molecule has 0 saturated heterocycles. The molecule has 0 aliphatic heterocycles. The number of ether oxygens (including phenoxy) is 2. The number of amides is 3. The van der Waals surface area contributed by atoms with Gasteiger partial charge >= 0.3 is 12.1 Å². The number of nitrogens with one attached hydrogen (secondary N) is 2. The molecule has 2 atom stereocenters. The Bertz CT molecular complexity index is 915. The Hall–Kier alpha value is -2.95. The van der Waals surface area contributed by atoms with Crippen molar-refractivity contribution in [2.75, 3.05) is 18.9 Å². The third-order valence-corrected chi connectivity index (χ3v) is 5.38. The number of alkyl carbamates (subject to hydrolysis) is 1. The van der Waals surface area contributed by atoms with Crippen LogP contribution in [-0.4, -0.2) is 70.5 Å². The monoisotopic (exact) mass is 509 g/mol. The number of carbonyl (C=O) groups is 4. The fourth-order valence-electron chi connectivity index (χ4n) is 3.44. The number of carbonyl (C=O) groups excluding carboxylic acids is 4. The maximum atomic E-state index is 13.6. The van der Waals surface area contributed by atoms with Gasteiger partial charge in [-0.05, 0) is 58.2 Å². The van der Waals surface area contributed by atoms with Crippen molar-refractivity contribution < 1.29 is 33.8 Å². The van der Waals surface area contributed by atoms with Crippen LogP contribution in [0.25, 0.3) is 0 Å². The summed E-state index contributed by atoms with van der Waals surface area (Å²) in [5, 5.41) is 15.3.